The quantitative estimate of drug-likeness (QED) is 0.580. The highest BCUT2D eigenvalue weighted by molar-refractivity contribution is 5.77. The third-order valence-electron chi connectivity index (χ3n) is 3.71. The third kappa shape index (κ3) is 1.72. The molecule has 1 aromatic carbocycles. The Morgan fingerprint density at radius 3 is 2.88 bits per heavy atom. The van der Waals surface area contributed by atoms with Gasteiger partial charge in [0.2, 0.25) is 0 Å². The van der Waals surface area contributed by atoms with Crippen molar-refractivity contribution in [2.75, 3.05) is 0 Å². The van der Waals surface area contributed by atoms with Crippen LogP contribution >= 0.6 is 0 Å². The van der Waals surface area contributed by atoms with E-state index in [9.17, 15) is 0 Å². The normalized spacial score (nSPS) is 20.7. The van der Waals surface area contributed by atoms with Gasteiger partial charge in [-0.3, -0.25) is 0 Å². The van der Waals surface area contributed by atoms with E-state index in [2.05, 4.69) is 49.1 Å². The highest BCUT2D eigenvalue weighted by Crippen LogP contribution is 2.42. The number of rotatable bonds is 0. The Kier molecular flexibility index (Phi) is 2.41. The predicted molar refractivity (Wildman–Crippen MR) is 72.5 cm³/mol. The van der Waals surface area contributed by atoms with Gasteiger partial charge in [0.1, 0.15) is 0 Å². The van der Waals surface area contributed by atoms with Crippen LogP contribution in [-0.4, -0.2) is 0 Å². The maximum absolute atomic E-state index is 3.14. The molecule has 0 spiro atoms. The van der Waals surface area contributed by atoms with Crippen molar-refractivity contribution in [2.24, 2.45) is 5.92 Å². The monoisotopic (exact) mass is 220 g/mol. The molecule has 0 saturated carbocycles. The lowest BCUT2D eigenvalue weighted by Crippen LogP contribution is -2.02. The van der Waals surface area contributed by atoms with Crippen LogP contribution in [0.1, 0.15) is 37.0 Å². The summed E-state index contributed by atoms with van der Waals surface area (Å²) in [6.07, 6.45) is 6.97. The van der Waals surface area contributed by atoms with Gasteiger partial charge < -0.3 is 0 Å². The van der Waals surface area contributed by atoms with Crippen molar-refractivity contribution in [1.29, 1.82) is 0 Å². The minimum absolute atomic E-state index is 0.708. The van der Waals surface area contributed by atoms with Gasteiger partial charge >= 0.3 is 0 Å². The zero-order chi connectivity index (χ0) is 11.8. The molecule has 0 saturated heterocycles. The summed E-state index contributed by atoms with van der Waals surface area (Å²) in [7, 11) is 0. The molecule has 0 amide bonds. The topological polar surface area (TPSA) is 0 Å². The largest absolute Gasteiger partial charge is 0.101 e. The van der Waals surface area contributed by atoms with Crippen LogP contribution in [0.15, 0.2) is 35.9 Å². The number of hydrogen-bond donors (Lipinski definition) is 0. The van der Waals surface area contributed by atoms with Crippen molar-refractivity contribution >= 4 is 5.57 Å². The third-order valence-corrected chi connectivity index (χ3v) is 3.71. The van der Waals surface area contributed by atoms with Crippen molar-refractivity contribution in [2.45, 2.75) is 26.7 Å². The number of benzene rings is 1. The average Bonchev–Trinajstić information content (AvgIpc) is 2.65. The molecule has 2 aliphatic rings. The fraction of sp³-hybridized carbons (Fsp3) is 0.294. The molecule has 1 atom stereocenters. The molecule has 1 aromatic rings. The van der Waals surface area contributed by atoms with Crippen LogP contribution in [-0.2, 0) is 6.42 Å². The van der Waals surface area contributed by atoms with Gasteiger partial charge in [0.15, 0.2) is 0 Å². The zero-order valence-electron chi connectivity index (χ0n) is 10.4. The van der Waals surface area contributed by atoms with Crippen LogP contribution in [0.5, 0.6) is 0 Å². The molecule has 0 N–H and O–H groups in total. The lowest BCUT2D eigenvalue weighted by molar-refractivity contribution is 0.678. The Morgan fingerprint density at radius 1 is 1.18 bits per heavy atom. The highest BCUT2D eigenvalue weighted by atomic mass is 14.3. The maximum atomic E-state index is 3.14. The molecule has 1 unspecified atom stereocenters. The van der Waals surface area contributed by atoms with Crippen LogP contribution in [0.25, 0.3) is 5.57 Å². The molecule has 2 aliphatic carbocycles. The molecule has 0 aliphatic heterocycles. The molecule has 0 bridgehead atoms. The van der Waals surface area contributed by atoms with Crippen molar-refractivity contribution in [1.82, 2.24) is 0 Å². The molecule has 0 nitrogen and oxygen atoms in total. The minimum atomic E-state index is 0.708. The van der Waals surface area contributed by atoms with Gasteiger partial charge in [-0.1, -0.05) is 29.7 Å². The summed E-state index contributed by atoms with van der Waals surface area (Å²) in [5.41, 5.74) is 7.10. The van der Waals surface area contributed by atoms with E-state index in [1.165, 1.54) is 35.1 Å². The van der Waals surface area contributed by atoms with E-state index in [0.717, 1.165) is 5.56 Å². The molecule has 0 aromatic heterocycles. The zero-order valence-corrected chi connectivity index (χ0v) is 10.4. The van der Waals surface area contributed by atoms with Crippen molar-refractivity contribution in [3.05, 3.63) is 52.6 Å². The van der Waals surface area contributed by atoms with Crippen LogP contribution in [0.2, 0.25) is 0 Å². The van der Waals surface area contributed by atoms with Crippen LogP contribution in [0, 0.1) is 17.8 Å². The fourth-order valence-corrected chi connectivity index (χ4v) is 2.96. The van der Waals surface area contributed by atoms with Gasteiger partial charge in [-0.05, 0) is 61.4 Å². The average molecular weight is 220 g/mol. The summed E-state index contributed by atoms with van der Waals surface area (Å²) < 4.78 is 0. The highest BCUT2D eigenvalue weighted by Gasteiger charge is 2.28. The molecule has 17 heavy (non-hydrogen) atoms. The summed E-state index contributed by atoms with van der Waals surface area (Å²) in [6.45, 7) is 4.12. The second-order valence-corrected chi connectivity index (χ2v) is 4.99. The van der Waals surface area contributed by atoms with Gasteiger partial charge in [-0.15, -0.1) is 5.92 Å². The van der Waals surface area contributed by atoms with Gasteiger partial charge in [0.05, 0.1) is 0 Å². The van der Waals surface area contributed by atoms with Gasteiger partial charge in [0.25, 0.3) is 0 Å². The summed E-state index contributed by atoms with van der Waals surface area (Å²) in [5, 5.41) is 0. The van der Waals surface area contributed by atoms with Crippen molar-refractivity contribution in [3.8, 4) is 11.8 Å². The Morgan fingerprint density at radius 2 is 2.06 bits per heavy atom. The number of allylic oxidation sites excluding steroid dienone is 4. The van der Waals surface area contributed by atoms with E-state index in [0.29, 0.717) is 5.92 Å². The lowest BCUT2D eigenvalue weighted by atomic mass is 9.88. The van der Waals surface area contributed by atoms with Crippen LogP contribution in [0.3, 0.4) is 0 Å². The second kappa shape index (κ2) is 3.93. The van der Waals surface area contributed by atoms with E-state index in [-0.39, 0.29) is 0 Å². The first-order valence-electron chi connectivity index (χ1n) is 6.21. The lowest BCUT2D eigenvalue weighted by Gasteiger charge is -2.16. The second-order valence-electron chi connectivity index (χ2n) is 4.99. The van der Waals surface area contributed by atoms with Crippen molar-refractivity contribution < 1.29 is 0 Å². The Hall–Kier alpha value is -1.74. The van der Waals surface area contributed by atoms with Gasteiger partial charge in [-0.2, -0.15) is 0 Å². The van der Waals surface area contributed by atoms with Crippen LogP contribution in [0.4, 0.5) is 0 Å². The van der Waals surface area contributed by atoms with Crippen LogP contribution < -0.4 is 0 Å². The van der Waals surface area contributed by atoms with E-state index in [1.807, 2.05) is 6.92 Å². The van der Waals surface area contributed by atoms with E-state index in [1.54, 1.807) is 0 Å². The van der Waals surface area contributed by atoms with E-state index >= 15 is 0 Å². The van der Waals surface area contributed by atoms with Gasteiger partial charge in [0, 0.05) is 5.56 Å². The Bertz CT molecular complexity index is 588. The molecule has 0 radical (unpaired) electrons. The first-order valence-corrected chi connectivity index (χ1v) is 6.21. The summed E-state index contributed by atoms with van der Waals surface area (Å²) >= 11 is 0. The molecule has 0 heterocycles. The first kappa shape index (κ1) is 10.4. The molecule has 0 heteroatoms. The van der Waals surface area contributed by atoms with E-state index in [4.69, 9.17) is 0 Å². The summed E-state index contributed by atoms with van der Waals surface area (Å²) in [5.74, 6) is 6.82. The molecular formula is C17H16. The van der Waals surface area contributed by atoms with Crippen molar-refractivity contribution in [3.63, 3.8) is 0 Å². The minimum Gasteiger partial charge on any atom is -0.101 e. The standard InChI is InChI=1S/C17H16/c1-3-4-13-6-8-17-15(10-13)11-14-9-12(2)5-7-16(14)17/h5-8,10,14H,9,11H2,1-2H3. The first-order chi connectivity index (χ1) is 8.28. The fourth-order valence-electron chi connectivity index (χ4n) is 2.96. The Labute approximate surface area is 103 Å². The predicted octanol–water partition coefficient (Wildman–Crippen LogP) is 3.96. The number of hydrogen-bond acceptors (Lipinski definition) is 0. The molecule has 0 fully saturated rings. The molecule has 84 valence electrons. The van der Waals surface area contributed by atoms with E-state index < -0.39 is 0 Å². The molecular weight excluding hydrogens is 204 g/mol. The number of fused-ring (bicyclic) bond motifs is 3. The maximum Gasteiger partial charge on any atom is 0.0248 e. The SMILES string of the molecule is CC#Cc1ccc2c(c1)CC1CC(C)=CC=C21. The van der Waals surface area contributed by atoms with Gasteiger partial charge in [-0.25, -0.2) is 0 Å². The summed E-state index contributed by atoms with van der Waals surface area (Å²) in [6, 6.07) is 6.65. The smallest absolute Gasteiger partial charge is 0.0248 e. The molecule has 3 rings (SSSR count). The summed E-state index contributed by atoms with van der Waals surface area (Å²) in [4.78, 5) is 0. The Balaban J connectivity index is 2.05.